The van der Waals surface area contributed by atoms with Crippen LogP contribution in [0.4, 0.5) is 5.82 Å². The van der Waals surface area contributed by atoms with E-state index in [-0.39, 0.29) is 23.1 Å². The fraction of sp³-hybridized carbons (Fsp3) is 0.250. The average molecular weight is 431 g/mol. The predicted octanol–water partition coefficient (Wildman–Crippen LogP) is 3.51. The van der Waals surface area contributed by atoms with Gasteiger partial charge < -0.3 is 15.8 Å². The number of nitrogen functional groups attached to an aromatic ring is 1. The van der Waals surface area contributed by atoms with E-state index in [0.29, 0.717) is 59.6 Å². The van der Waals surface area contributed by atoms with Crippen molar-refractivity contribution in [2.75, 3.05) is 25.5 Å². The highest BCUT2D eigenvalue weighted by Gasteiger charge is 2.24. The van der Waals surface area contributed by atoms with E-state index in [1.807, 2.05) is 37.3 Å². The molecule has 32 heavy (non-hydrogen) atoms. The number of nitrogens with two attached hydrogens (primary N) is 1. The molecule has 0 aliphatic heterocycles. The number of Topliss-reactive ketones (excluding diaryl/α,β-unsaturated/α-hetero) is 1. The molecule has 1 amide bonds. The molecule has 0 fully saturated rings. The van der Waals surface area contributed by atoms with Crippen molar-refractivity contribution in [3.63, 3.8) is 0 Å². The number of rotatable bonds is 8. The van der Waals surface area contributed by atoms with Crippen LogP contribution in [0.3, 0.4) is 0 Å². The summed E-state index contributed by atoms with van der Waals surface area (Å²) in [7, 11) is 0. The lowest BCUT2D eigenvalue weighted by molar-refractivity contribution is 0.0945. The summed E-state index contributed by atoms with van der Waals surface area (Å²) < 4.78 is 7.00. The highest BCUT2D eigenvalue weighted by Crippen LogP contribution is 2.31. The van der Waals surface area contributed by atoms with E-state index in [0.717, 1.165) is 0 Å². The second-order valence-electron chi connectivity index (χ2n) is 7.39. The van der Waals surface area contributed by atoms with E-state index in [9.17, 15) is 9.59 Å². The first kappa shape index (κ1) is 21.5. The summed E-state index contributed by atoms with van der Waals surface area (Å²) in [5, 5.41) is 2.90. The number of hydrogen-bond acceptors (Lipinski definition) is 6. The molecule has 3 N–H and O–H groups in total. The molecule has 0 radical (unpaired) electrons. The molecule has 2 aromatic carbocycles. The number of para-hydroxylation sites is 2. The minimum atomic E-state index is -0.324. The van der Waals surface area contributed by atoms with Crippen LogP contribution in [0, 0.1) is 0 Å². The summed E-state index contributed by atoms with van der Waals surface area (Å²) in [5.74, 6) is -0.168. The zero-order chi connectivity index (χ0) is 22.7. The van der Waals surface area contributed by atoms with Crippen molar-refractivity contribution in [3.05, 3.63) is 59.7 Å². The lowest BCUT2D eigenvalue weighted by Crippen LogP contribution is -2.26. The first-order valence-corrected chi connectivity index (χ1v) is 10.5. The zero-order valence-electron chi connectivity index (χ0n) is 18.1. The third-order valence-corrected chi connectivity index (χ3v) is 5.19. The molecule has 2 heterocycles. The first-order valence-electron chi connectivity index (χ1n) is 10.5. The Morgan fingerprint density at radius 1 is 1.09 bits per heavy atom. The van der Waals surface area contributed by atoms with Gasteiger partial charge in [-0.05, 0) is 44.5 Å². The fourth-order valence-electron chi connectivity index (χ4n) is 3.62. The molecule has 0 spiro atoms. The Hall–Kier alpha value is -3.78. The van der Waals surface area contributed by atoms with Gasteiger partial charge in [0, 0.05) is 31.0 Å². The number of carbonyl (C=O) groups is 2. The van der Waals surface area contributed by atoms with Crippen molar-refractivity contribution in [3.8, 4) is 5.69 Å². The average Bonchev–Trinajstić information content (AvgIpc) is 3.08. The maximum Gasteiger partial charge on any atom is 0.257 e. The fourth-order valence-corrected chi connectivity index (χ4v) is 3.62. The minimum absolute atomic E-state index is 0.0642. The van der Waals surface area contributed by atoms with Crippen LogP contribution in [0.5, 0.6) is 0 Å². The molecule has 0 saturated heterocycles. The summed E-state index contributed by atoms with van der Waals surface area (Å²) in [6.45, 7) is 5.08. The van der Waals surface area contributed by atoms with Crippen molar-refractivity contribution in [2.24, 2.45) is 0 Å². The van der Waals surface area contributed by atoms with Crippen LogP contribution < -0.4 is 11.1 Å². The number of anilines is 1. The largest absolute Gasteiger partial charge is 0.384 e. The van der Waals surface area contributed by atoms with Gasteiger partial charge in [0.05, 0.1) is 11.0 Å². The van der Waals surface area contributed by atoms with Gasteiger partial charge in [-0.1, -0.05) is 24.3 Å². The normalized spacial score (nSPS) is 11.2. The molecule has 164 valence electrons. The van der Waals surface area contributed by atoms with Crippen LogP contribution in [0.15, 0.2) is 48.5 Å². The third-order valence-electron chi connectivity index (χ3n) is 5.19. The van der Waals surface area contributed by atoms with Crippen molar-refractivity contribution in [1.82, 2.24) is 19.9 Å². The molecular weight excluding hydrogens is 406 g/mol. The first-order chi connectivity index (χ1) is 15.5. The predicted molar refractivity (Wildman–Crippen MR) is 124 cm³/mol. The van der Waals surface area contributed by atoms with Gasteiger partial charge in [0.1, 0.15) is 16.9 Å². The molecule has 4 aromatic rings. The van der Waals surface area contributed by atoms with Crippen LogP contribution in [0.25, 0.3) is 27.9 Å². The lowest BCUT2D eigenvalue weighted by Gasteiger charge is -2.09. The monoisotopic (exact) mass is 431 g/mol. The summed E-state index contributed by atoms with van der Waals surface area (Å²) >= 11 is 0. The number of benzene rings is 2. The number of fused-ring (bicyclic) bond motifs is 2. The number of hydrogen-bond donors (Lipinski definition) is 2. The third kappa shape index (κ3) is 4.04. The van der Waals surface area contributed by atoms with E-state index < -0.39 is 0 Å². The Morgan fingerprint density at radius 3 is 2.56 bits per heavy atom. The molecular formula is C24H25N5O3. The topological polar surface area (TPSA) is 112 Å². The highest BCUT2D eigenvalue weighted by molar-refractivity contribution is 6.11. The standard InChI is InChI=1S/C24H25N5O3/c1-3-32-13-7-12-26-24(31)20-21-23(28-19-11-5-4-10-18(19)27-21)29(22(20)25)17-9-6-8-16(14-17)15(2)30/h4-6,8-11,14H,3,7,12-13,25H2,1-2H3,(H,26,31). The van der Waals surface area contributed by atoms with Gasteiger partial charge in [0.25, 0.3) is 5.91 Å². The molecule has 8 heteroatoms. The Balaban J connectivity index is 1.85. The van der Waals surface area contributed by atoms with E-state index in [4.69, 9.17) is 20.4 Å². The van der Waals surface area contributed by atoms with Crippen LogP contribution in [0.2, 0.25) is 0 Å². The van der Waals surface area contributed by atoms with E-state index in [2.05, 4.69) is 5.32 Å². The zero-order valence-corrected chi connectivity index (χ0v) is 18.1. The van der Waals surface area contributed by atoms with Gasteiger partial charge in [0.15, 0.2) is 11.4 Å². The molecule has 2 aromatic heterocycles. The smallest absolute Gasteiger partial charge is 0.257 e. The Kier molecular flexibility index (Phi) is 6.13. The van der Waals surface area contributed by atoms with Crippen molar-refractivity contribution < 1.29 is 14.3 Å². The lowest BCUT2D eigenvalue weighted by atomic mass is 10.1. The summed E-state index contributed by atoms with van der Waals surface area (Å²) in [6.07, 6.45) is 0.688. The Bertz CT molecular complexity index is 1310. The highest BCUT2D eigenvalue weighted by atomic mass is 16.5. The number of nitrogens with zero attached hydrogens (tertiary/aromatic N) is 3. The van der Waals surface area contributed by atoms with E-state index in [1.165, 1.54) is 6.92 Å². The molecule has 4 rings (SSSR count). The number of amides is 1. The molecule has 0 bridgehead atoms. The molecule has 8 nitrogen and oxygen atoms in total. The van der Waals surface area contributed by atoms with Crippen LogP contribution in [0.1, 0.15) is 41.0 Å². The second kappa shape index (κ2) is 9.15. The van der Waals surface area contributed by atoms with Gasteiger partial charge in [-0.25, -0.2) is 9.97 Å². The summed E-state index contributed by atoms with van der Waals surface area (Å²) in [5.41, 5.74) is 10.2. The second-order valence-corrected chi connectivity index (χ2v) is 7.39. The molecule has 0 aliphatic rings. The SMILES string of the molecule is CCOCCCNC(=O)c1c(N)n(-c2cccc(C(C)=O)c2)c2nc3ccccc3nc12. The van der Waals surface area contributed by atoms with Gasteiger partial charge >= 0.3 is 0 Å². The van der Waals surface area contributed by atoms with Gasteiger partial charge in [-0.15, -0.1) is 0 Å². The van der Waals surface area contributed by atoms with Crippen molar-refractivity contribution in [2.45, 2.75) is 20.3 Å². The Labute approximate surface area is 185 Å². The molecule has 0 saturated carbocycles. The van der Waals surface area contributed by atoms with Gasteiger partial charge in [-0.2, -0.15) is 0 Å². The number of ether oxygens (including phenoxy) is 1. The number of aromatic nitrogens is 3. The maximum atomic E-state index is 13.1. The van der Waals surface area contributed by atoms with Crippen LogP contribution >= 0.6 is 0 Å². The molecule has 0 unspecified atom stereocenters. The number of nitrogens with one attached hydrogen (secondary N) is 1. The van der Waals surface area contributed by atoms with Crippen LogP contribution in [-0.2, 0) is 4.74 Å². The van der Waals surface area contributed by atoms with Crippen molar-refractivity contribution >= 4 is 39.7 Å². The molecule has 0 atom stereocenters. The Morgan fingerprint density at radius 2 is 1.84 bits per heavy atom. The minimum Gasteiger partial charge on any atom is -0.384 e. The van der Waals surface area contributed by atoms with E-state index in [1.54, 1.807) is 22.8 Å². The quantitative estimate of drug-likeness (QED) is 0.326. The van der Waals surface area contributed by atoms with Crippen LogP contribution in [-0.4, -0.2) is 46.0 Å². The maximum absolute atomic E-state index is 13.1. The number of ketones is 1. The summed E-state index contributed by atoms with van der Waals surface area (Å²) in [4.78, 5) is 34.5. The molecule has 0 aliphatic carbocycles. The van der Waals surface area contributed by atoms with Crippen molar-refractivity contribution in [1.29, 1.82) is 0 Å². The van der Waals surface area contributed by atoms with Gasteiger partial charge in [0.2, 0.25) is 0 Å². The van der Waals surface area contributed by atoms with E-state index >= 15 is 0 Å². The van der Waals surface area contributed by atoms with Gasteiger partial charge in [-0.3, -0.25) is 14.2 Å². The number of carbonyl (C=O) groups excluding carboxylic acids is 2. The summed E-state index contributed by atoms with van der Waals surface area (Å²) in [6, 6.07) is 14.5.